The molecule has 0 aromatic carbocycles. The topological polar surface area (TPSA) is 75.4 Å². The maximum Gasteiger partial charge on any atom is 0.273 e. The Labute approximate surface area is 114 Å². The number of thiophene rings is 1. The molecule has 2 aromatic rings. The Bertz CT molecular complexity index is 567. The van der Waals surface area contributed by atoms with Crippen molar-refractivity contribution in [1.29, 1.82) is 0 Å². The van der Waals surface area contributed by atoms with Gasteiger partial charge in [0, 0.05) is 6.07 Å². The third-order valence-electron chi connectivity index (χ3n) is 3.50. The Balaban J connectivity index is 1.74. The fraction of sp³-hybridized carbons (Fsp3) is 0.385. The molecule has 19 heavy (non-hydrogen) atoms. The summed E-state index contributed by atoms with van der Waals surface area (Å²) >= 11 is 1.53. The zero-order valence-electron chi connectivity index (χ0n) is 10.3. The molecule has 6 heteroatoms. The van der Waals surface area contributed by atoms with Crippen molar-refractivity contribution in [3.8, 4) is 10.6 Å². The second-order valence-corrected chi connectivity index (χ2v) is 5.75. The van der Waals surface area contributed by atoms with Crippen LogP contribution in [0.2, 0.25) is 0 Å². The Morgan fingerprint density at radius 3 is 3.00 bits per heavy atom. The van der Waals surface area contributed by atoms with Crippen LogP contribution in [0, 0.1) is 0 Å². The van der Waals surface area contributed by atoms with Gasteiger partial charge in [0.25, 0.3) is 5.91 Å². The number of carbonyl (C=O) groups is 1. The summed E-state index contributed by atoms with van der Waals surface area (Å²) < 4.78 is 5.17. The van der Waals surface area contributed by atoms with Gasteiger partial charge in [0.2, 0.25) is 0 Å². The molecule has 0 aliphatic heterocycles. The highest BCUT2D eigenvalue weighted by atomic mass is 32.1. The van der Waals surface area contributed by atoms with Gasteiger partial charge in [-0.25, -0.2) is 0 Å². The zero-order valence-corrected chi connectivity index (χ0v) is 11.1. The summed E-state index contributed by atoms with van der Waals surface area (Å²) in [6.45, 7) is -0.0334. The number of hydrogen-bond acceptors (Lipinski definition) is 5. The van der Waals surface area contributed by atoms with Gasteiger partial charge in [-0.05, 0) is 30.7 Å². The molecule has 0 unspecified atom stereocenters. The third-order valence-corrected chi connectivity index (χ3v) is 4.38. The number of hydrogen-bond donors (Lipinski definition) is 2. The summed E-state index contributed by atoms with van der Waals surface area (Å²) in [6.07, 6.45) is 2.65. The maximum atomic E-state index is 12.1. The molecule has 2 heterocycles. The van der Waals surface area contributed by atoms with Gasteiger partial charge in [-0.3, -0.25) is 4.79 Å². The van der Waals surface area contributed by atoms with E-state index in [2.05, 4.69) is 10.5 Å². The summed E-state index contributed by atoms with van der Waals surface area (Å²) in [4.78, 5) is 13.0. The molecule has 0 spiro atoms. The van der Waals surface area contributed by atoms with E-state index in [4.69, 9.17) is 4.52 Å². The van der Waals surface area contributed by atoms with Crippen LogP contribution < -0.4 is 5.32 Å². The minimum absolute atomic E-state index is 0.0334. The third kappa shape index (κ3) is 2.29. The van der Waals surface area contributed by atoms with Crippen LogP contribution in [0.3, 0.4) is 0 Å². The van der Waals surface area contributed by atoms with Gasteiger partial charge in [0.15, 0.2) is 11.5 Å². The van der Waals surface area contributed by atoms with Crippen molar-refractivity contribution in [1.82, 2.24) is 10.5 Å². The number of carbonyl (C=O) groups excluding carboxylic acids is 1. The van der Waals surface area contributed by atoms with Crippen LogP contribution in [-0.4, -0.2) is 28.3 Å². The van der Waals surface area contributed by atoms with Crippen LogP contribution >= 0.6 is 11.3 Å². The summed E-state index contributed by atoms with van der Waals surface area (Å²) in [5, 5.41) is 17.9. The van der Waals surface area contributed by atoms with Crippen molar-refractivity contribution in [2.45, 2.75) is 24.8 Å². The van der Waals surface area contributed by atoms with Gasteiger partial charge in [-0.2, -0.15) is 0 Å². The molecule has 2 aromatic heterocycles. The lowest BCUT2D eigenvalue weighted by molar-refractivity contribution is 0.0634. The molecule has 0 bridgehead atoms. The van der Waals surface area contributed by atoms with Crippen LogP contribution in [0.15, 0.2) is 28.1 Å². The first-order valence-corrected chi connectivity index (χ1v) is 7.04. The Morgan fingerprint density at radius 1 is 1.58 bits per heavy atom. The van der Waals surface area contributed by atoms with Crippen LogP contribution in [0.4, 0.5) is 0 Å². The lowest BCUT2D eigenvalue weighted by Crippen LogP contribution is -2.56. The Hall–Kier alpha value is -1.66. The molecule has 1 aliphatic carbocycles. The number of nitrogens with one attached hydrogen (secondary N) is 1. The fourth-order valence-electron chi connectivity index (χ4n) is 2.15. The lowest BCUT2D eigenvalue weighted by atomic mass is 9.77. The van der Waals surface area contributed by atoms with E-state index in [1.165, 1.54) is 11.3 Å². The smallest absolute Gasteiger partial charge is 0.273 e. The van der Waals surface area contributed by atoms with Gasteiger partial charge < -0.3 is 14.9 Å². The summed E-state index contributed by atoms with van der Waals surface area (Å²) in [5.41, 5.74) is -0.206. The second-order valence-electron chi connectivity index (χ2n) is 4.80. The van der Waals surface area contributed by atoms with E-state index in [1.807, 2.05) is 17.5 Å². The largest absolute Gasteiger partial charge is 0.394 e. The number of aromatic nitrogens is 1. The monoisotopic (exact) mass is 278 g/mol. The van der Waals surface area contributed by atoms with Crippen molar-refractivity contribution < 1.29 is 14.4 Å². The fourth-order valence-corrected chi connectivity index (χ4v) is 2.82. The highest BCUT2D eigenvalue weighted by Crippen LogP contribution is 2.31. The highest BCUT2D eigenvalue weighted by molar-refractivity contribution is 7.13. The van der Waals surface area contributed by atoms with Crippen molar-refractivity contribution in [3.05, 3.63) is 29.3 Å². The number of rotatable bonds is 4. The zero-order chi connectivity index (χ0) is 13.3. The van der Waals surface area contributed by atoms with Crippen molar-refractivity contribution >= 4 is 17.2 Å². The number of aliphatic hydroxyl groups is 1. The molecule has 1 aliphatic rings. The predicted molar refractivity (Wildman–Crippen MR) is 71.0 cm³/mol. The molecule has 5 nitrogen and oxygen atoms in total. The average Bonchev–Trinajstić information content (AvgIpc) is 3.02. The van der Waals surface area contributed by atoms with Crippen molar-refractivity contribution in [3.63, 3.8) is 0 Å². The van der Waals surface area contributed by atoms with E-state index >= 15 is 0 Å². The predicted octanol–water partition coefficient (Wildman–Crippen LogP) is 2.05. The molecule has 0 atom stereocenters. The molecule has 2 N–H and O–H groups in total. The summed E-state index contributed by atoms with van der Waals surface area (Å²) in [7, 11) is 0. The second kappa shape index (κ2) is 4.79. The van der Waals surface area contributed by atoms with Gasteiger partial charge in [-0.1, -0.05) is 11.2 Å². The molecule has 100 valence electrons. The van der Waals surface area contributed by atoms with Crippen LogP contribution in [0.25, 0.3) is 10.6 Å². The molecule has 3 rings (SSSR count). The van der Waals surface area contributed by atoms with E-state index in [1.54, 1.807) is 6.07 Å². The van der Waals surface area contributed by atoms with Gasteiger partial charge in [0.05, 0.1) is 17.0 Å². The quantitative estimate of drug-likeness (QED) is 0.897. The van der Waals surface area contributed by atoms with Crippen molar-refractivity contribution in [2.24, 2.45) is 0 Å². The van der Waals surface area contributed by atoms with E-state index < -0.39 is 5.54 Å². The van der Waals surface area contributed by atoms with E-state index in [9.17, 15) is 9.90 Å². The number of amides is 1. The SMILES string of the molecule is O=C(NC1(CO)CCC1)c1cc(-c2cccs2)on1. The molecule has 0 radical (unpaired) electrons. The molecular weight excluding hydrogens is 264 g/mol. The normalized spacial score (nSPS) is 16.9. The van der Waals surface area contributed by atoms with E-state index in [-0.39, 0.29) is 18.2 Å². The highest BCUT2D eigenvalue weighted by Gasteiger charge is 2.38. The average molecular weight is 278 g/mol. The van der Waals surface area contributed by atoms with Crippen LogP contribution in [-0.2, 0) is 0 Å². The Kier molecular flexibility index (Phi) is 3.12. The van der Waals surface area contributed by atoms with E-state index in [0.717, 1.165) is 24.1 Å². The Morgan fingerprint density at radius 2 is 2.42 bits per heavy atom. The molecule has 1 fully saturated rings. The minimum Gasteiger partial charge on any atom is -0.394 e. The summed E-state index contributed by atoms with van der Waals surface area (Å²) in [6, 6.07) is 5.45. The molecular formula is C13H14N2O3S. The minimum atomic E-state index is -0.459. The lowest BCUT2D eigenvalue weighted by Gasteiger charge is -2.40. The maximum absolute atomic E-state index is 12.1. The van der Waals surface area contributed by atoms with Gasteiger partial charge in [-0.15, -0.1) is 11.3 Å². The molecule has 1 amide bonds. The van der Waals surface area contributed by atoms with Gasteiger partial charge in [0.1, 0.15) is 0 Å². The van der Waals surface area contributed by atoms with E-state index in [0.29, 0.717) is 5.76 Å². The first-order chi connectivity index (χ1) is 9.22. The summed E-state index contributed by atoms with van der Waals surface area (Å²) in [5.74, 6) is 0.298. The first kappa shape index (κ1) is 12.4. The van der Waals surface area contributed by atoms with Crippen molar-refractivity contribution in [2.75, 3.05) is 6.61 Å². The number of nitrogens with zero attached hydrogens (tertiary/aromatic N) is 1. The molecule has 0 saturated heterocycles. The first-order valence-electron chi connectivity index (χ1n) is 6.16. The van der Waals surface area contributed by atoms with Crippen LogP contribution in [0.1, 0.15) is 29.8 Å². The number of aliphatic hydroxyl groups excluding tert-OH is 1. The van der Waals surface area contributed by atoms with Gasteiger partial charge >= 0.3 is 0 Å². The van der Waals surface area contributed by atoms with Crippen LogP contribution in [0.5, 0.6) is 0 Å². The molecule has 1 saturated carbocycles. The standard InChI is InChI=1S/C13H14N2O3S/c16-8-13(4-2-5-13)14-12(17)9-7-10(18-15-9)11-3-1-6-19-11/h1,3,6-7,16H,2,4-5,8H2,(H,14,17).